The van der Waals surface area contributed by atoms with Crippen molar-refractivity contribution in [2.45, 2.75) is 18.9 Å². The summed E-state index contributed by atoms with van der Waals surface area (Å²) < 4.78 is 0. The molecule has 0 radical (unpaired) electrons. The molecule has 3 amide bonds. The van der Waals surface area contributed by atoms with Crippen molar-refractivity contribution >= 4 is 35.2 Å². The molecule has 1 atom stereocenters. The van der Waals surface area contributed by atoms with Crippen LogP contribution in [0.4, 0.5) is 10.5 Å². The fourth-order valence-electron chi connectivity index (χ4n) is 2.03. The minimum absolute atomic E-state index is 0.112. The van der Waals surface area contributed by atoms with Crippen molar-refractivity contribution in [3.05, 3.63) is 28.8 Å². The molecule has 1 saturated heterocycles. The summed E-state index contributed by atoms with van der Waals surface area (Å²) in [4.78, 5) is 34.5. The molecule has 0 aromatic heterocycles. The van der Waals surface area contributed by atoms with Gasteiger partial charge in [0.25, 0.3) is 0 Å². The molecular formula is C13H14ClN3O4. The zero-order valence-electron chi connectivity index (χ0n) is 11.0. The van der Waals surface area contributed by atoms with Crippen LogP contribution in [-0.2, 0) is 4.79 Å². The third kappa shape index (κ3) is 3.85. The van der Waals surface area contributed by atoms with Gasteiger partial charge in [-0.3, -0.25) is 4.79 Å². The van der Waals surface area contributed by atoms with Crippen LogP contribution < -0.4 is 16.0 Å². The van der Waals surface area contributed by atoms with Gasteiger partial charge in [-0.15, -0.1) is 0 Å². The van der Waals surface area contributed by atoms with Crippen LogP contribution in [0, 0.1) is 0 Å². The van der Waals surface area contributed by atoms with Gasteiger partial charge in [0.2, 0.25) is 5.91 Å². The smallest absolute Gasteiger partial charge is 0.337 e. The van der Waals surface area contributed by atoms with Crippen molar-refractivity contribution in [1.29, 1.82) is 0 Å². The first-order valence-electron chi connectivity index (χ1n) is 6.35. The molecule has 0 bridgehead atoms. The third-order valence-corrected chi connectivity index (χ3v) is 3.29. The van der Waals surface area contributed by atoms with Crippen molar-refractivity contribution in [2.75, 3.05) is 11.9 Å². The van der Waals surface area contributed by atoms with E-state index in [4.69, 9.17) is 16.7 Å². The molecule has 1 aliphatic rings. The number of hydrogen-bond acceptors (Lipinski definition) is 3. The van der Waals surface area contributed by atoms with Gasteiger partial charge < -0.3 is 21.1 Å². The number of urea groups is 1. The molecule has 4 N–H and O–H groups in total. The van der Waals surface area contributed by atoms with Gasteiger partial charge in [0.15, 0.2) is 0 Å². The highest BCUT2D eigenvalue weighted by Gasteiger charge is 2.24. The van der Waals surface area contributed by atoms with Gasteiger partial charge in [0.1, 0.15) is 6.04 Å². The van der Waals surface area contributed by atoms with Gasteiger partial charge in [0, 0.05) is 11.6 Å². The van der Waals surface area contributed by atoms with Crippen LogP contribution in [0.15, 0.2) is 18.2 Å². The largest absolute Gasteiger partial charge is 0.478 e. The van der Waals surface area contributed by atoms with Crippen molar-refractivity contribution < 1.29 is 19.5 Å². The first-order valence-corrected chi connectivity index (χ1v) is 6.73. The normalized spacial score (nSPS) is 17.8. The predicted octanol–water partition coefficient (Wildman–Crippen LogP) is 1.44. The summed E-state index contributed by atoms with van der Waals surface area (Å²) in [6.07, 6.45) is 1.32. The van der Waals surface area contributed by atoms with E-state index in [9.17, 15) is 14.4 Å². The molecule has 112 valence electrons. The zero-order chi connectivity index (χ0) is 15.4. The van der Waals surface area contributed by atoms with E-state index in [0.29, 0.717) is 13.0 Å². The fraction of sp³-hybridized carbons (Fsp3) is 0.308. The van der Waals surface area contributed by atoms with Crippen LogP contribution in [0.5, 0.6) is 0 Å². The second kappa shape index (κ2) is 6.45. The van der Waals surface area contributed by atoms with Gasteiger partial charge in [-0.05, 0) is 31.0 Å². The number of hydrogen-bond donors (Lipinski definition) is 4. The van der Waals surface area contributed by atoms with Crippen LogP contribution in [0.2, 0.25) is 5.02 Å². The number of aromatic carboxylic acids is 1. The standard InChI is InChI=1S/C13H14ClN3O4/c14-7-3-4-9(8(6-7)12(19)20)16-13(21)17-10-2-1-5-15-11(10)18/h3-4,6,10H,1-2,5H2,(H,15,18)(H,19,20)(H2,16,17,21). The lowest BCUT2D eigenvalue weighted by Gasteiger charge is -2.23. The molecule has 1 unspecified atom stereocenters. The Balaban J connectivity index is 2.05. The summed E-state index contributed by atoms with van der Waals surface area (Å²) >= 11 is 5.73. The molecule has 7 nitrogen and oxygen atoms in total. The minimum atomic E-state index is -1.21. The average molecular weight is 312 g/mol. The Hall–Kier alpha value is -2.28. The molecule has 2 rings (SSSR count). The Labute approximate surface area is 125 Å². The monoisotopic (exact) mass is 311 g/mol. The van der Waals surface area contributed by atoms with Crippen LogP contribution in [0.1, 0.15) is 23.2 Å². The highest BCUT2D eigenvalue weighted by atomic mass is 35.5. The highest BCUT2D eigenvalue weighted by molar-refractivity contribution is 6.31. The van der Waals surface area contributed by atoms with E-state index in [-0.39, 0.29) is 22.2 Å². The number of amides is 3. The first kappa shape index (κ1) is 15.1. The maximum atomic E-state index is 11.9. The van der Waals surface area contributed by atoms with Crippen LogP contribution in [0.3, 0.4) is 0 Å². The van der Waals surface area contributed by atoms with E-state index in [1.807, 2.05) is 0 Å². The van der Waals surface area contributed by atoms with Crippen LogP contribution in [0.25, 0.3) is 0 Å². The van der Waals surface area contributed by atoms with E-state index in [1.165, 1.54) is 18.2 Å². The summed E-state index contributed by atoms with van der Waals surface area (Å²) in [6.45, 7) is 0.596. The third-order valence-electron chi connectivity index (χ3n) is 3.05. The summed E-state index contributed by atoms with van der Waals surface area (Å²) in [5.41, 5.74) is -0.00800. The molecule has 21 heavy (non-hydrogen) atoms. The van der Waals surface area contributed by atoms with Crippen molar-refractivity contribution in [3.8, 4) is 0 Å². The van der Waals surface area contributed by atoms with Crippen LogP contribution >= 0.6 is 11.6 Å². The molecule has 0 saturated carbocycles. The van der Waals surface area contributed by atoms with E-state index < -0.39 is 18.0 Å². The van der Waals surface area contributed by atoms with Crippen LogP contribution in [-0.4, -0.2) is 35.6 Å². The maximum Gasteiger partial charge on any atom is 0.337 e. The van der Waals surface area contributed by atoms with Gasteiger partial charge in [0.05, 0.1) is 11.3 Å². The molecule has 1 heterocycles. The Kier molecular flexibility index (Phi) is 4.64. The lowest BCUT2D eigenvalue weighted by molar-refractivity contribution is -0.124. The number of benzene rings is 1. The summed E-state index contributed by atoms with van der Waals surface area (Å²) in [5, 5.41) is 16.9. The number of anilines is 1. The van der Waals surface area contributed by atoms with E-state index in [1.54, 1.807) is 0 Å². The predicted molar refractivity (Wildman–Crippen MR) is 76.6 cm³/mol. The molecule has 1 aromatic rings. The second-order valence-corrected chi connectivity index (χ2v) is 5.02. The molecule has 0 spiro atoms. The number of carbonyl (C=O) groups is 3. The van der Waals surface area contributed by atoms with Crippen molar-refractivity contribution in [1.82, 2.24) is 10.6 Å². The Morgan fingerprint density at radius 2 is 2.14 bits per heavy atom. The Morgan fingerprint density at radius 3 is 2.81 bits per heavy atom. The number of carboxylic acid groups (broad SMARTS) is 1. The number of carbonyl (C=O) groups excluding carboxylic acids is 2. The Bertz CT molecular complexity index is 591. The SMILES string of the molecule is O=C(Nc1ccc(Cl)cc1C(=O)O)NC1CCCNC1=O. The number of nitrogens with one attached hydrogen (secondary N) is 3. The molecule has 8 heteroatoms. The highest BCUT2D eigenvalue weighted by Crippen LogP contribution is 2.20. The molecular weight excluding hydrogens is 298 g/mol. The maximum absolute atomic E-state index is 11.9. The topological polar surface area (TPSA) is 108 Å². The summed E-state index contributed by atoms with van der Waals surface area (Å²) in [5.74, 6) is -1.45. The zero-order valence-corrected chi connectivity index (χ0v) is 11.7. The molecule has 1 aliphatic heterocycles. The Morgan fingerprint density at radius 1 is 1.38 bits per heavy atom. The van der Waals surface area contributed by atoms with Gasteiger partial charge in [-0.25, -0.2) is 9.59 Å². The minimum Gasteiger partial charge on any atom is -0.478 e. The summed E-state index contributed by atoms with van der Waals surface area (Å²) in [6, 6.07) is 2.86. The van der Waals surface area contributed by atoms with E-state index in [0.717, 1.165) is 6.42 Å². The van der Waals surface area contributed by atoms with Gasteiger partial charge in [-0.2, -0.15) is 0 Å². The van der Waals surface area contributed by atoms with E-state index >= 15 is 0 Å². The lowest BCUT2D eigenvalue weighted by atomic mass is 10.1. The number of halogens is 1. The number of piperidine rings is 1. The second-order valence-electron chi connectivity index (χ2n) is 4.58. The molecule has 1 fully saturated rings. The average Bonchev–Trinajstić information content (AvgIpc) is 2.43. The van der Waals surface area contributed by atoms with Crippen molar-refractivity contribution in [2.24, 2.45) is 0 Å². The van der Waals surface area contributed by atoms with Gasteiger partial charge >= 0.3 is 12.0 Å². The quantitative estimate of drug-likeness (QED) is 0.677. The molecule has 0 aliphatic carbocycles. The first-order chi connectivity index (χ1) is 9.97. The summed E-state index contributed by atoms with van der Waals surface area (Å²) in [7, 11) is 0. The fourth-order valence-corrected chi connectivity index (χ4v) is 2.20. The number of rotatable bonds is 3. The van der Waals surface area contributed by atoms with E-state index in [2.05, 4.69) is 16.0 Å². The lowest BCUT2D eigenvalue weighted by Crippen LogP contribution is -2.51. The number of carboxylic acids is 1. The van der Waals surface area contributed by atoms with Gasteiger partial charge in [-0.1, -0.05) is 11.6 Å². The molecule has 1 aromatic carbocycles. The van der Waals surface area contributed by atoms with Crippen molar-refractivity contribution in [3.63, 3.8) is 0 Å².